The van der Waals surface area contributed by atoms with Crippen molar-refractivity contribution in [3.63, 3.8) is 0 Å². The van der Waals surface area contributed by atoms with Crippen molar-refractivity contribution in [3.05, 3.63) is 68.6 Å². The standard InChI is InChI=1S/C31H38Cl2N6O4.CH4/c32-24-6-5-21(19-25(24)33)20-28(29(40)37-13-7-22(8-14-37)36-17-11-34-12-18-36)43-31(42)38-15-9-23(10-16-38)39-27-4-2-1-3-26(27)35-30(39)41;/h1-6,19,22-23,28,34H,7-18,20H2,(H,35,41);1H4/t28-;/m1./s1. The first-order chi connectivity index (χ1) is 20.9. The topological polar surface area (TPSA) is 103 Å². The fourth-order valence-corrected chi connectivity index (χ4v) is 7.02. The zero-order valence-electron chi connectivity index (χ0n) is 24.1. The number of carbonyl (C=O) groups is 2. The maximum absolute atomic E-state index is 13.8. The van der Waals surface area contributed by atoms with Gasteiger partial charge in [0.05, 0.1) is 21.1 Å². The van der Waals surface area contributed by atoms with E-state index in [-0.39, 0.29) is 31.5 Å². The number of nitrogens with zero attached hydrogens (tertiary/aromatic N) is 4. The van der Waals surface area contributed by atoms with Gasteiger partial charge in [-0.3, -0.25) is 14.3 Å². The molecule has 0 unspecified atom stereocenters. The second-order valence-corrected chi connectivity index (χ2v) is 12.5. The first kappa shape index (κ1) is 32.3. The van der Waals surface area contributed by atoms with Crippen molar-refractivity contribution in [2.45, 2.75) is 57.7 Å². The number of piperazine rings is 1. The SMILES string of the molecule is C.O=C(O[C@H](Cc1ccc(Cl)c(Cl)c1)C(=O)N1CCC(N2CCNCC2)CC1)N1CCC(n2c(=O)[nH]c3ccccc32)CC1. The number of rotatable bonds is 6. The molecule has 1 atom stereocenters. The minimum Gasteiger partial charge on any atom is -0.436 e. The summed E-state index contributed by atoms with van der Waals surface area (Å²) in [5, 5.41) is 4.22. The predicted octanol–water partition coefficient (Wildman–Crippen LogP) is 4.55. The number of para-hydroxylation sites is 2. The predicted molar refractivity (Wildman–Crippen MR) is 174 cm³/mol. The molecule has 2 amide bonds. The second-order valence-electron chi connectivity index (χ2n) is 11.7. The van der Waals surface area contributed by atoms with E-state index in [1.54, 1.807) is 21.6 Å². The van der Waals surface area contributed by atoms with Crippen molar-refractivity contribution in [3.8, 4) is 0 Å². The molecule has 2 aromatic carbocycles. The Morgan fingerprint density at radius 2 is 1.52 bits per heavy atom. The van der Waals surface area contributed by atoms with Gasteiger partial charge in [0.1, 0.15) is 0 Å². The Kier molecular flexibility index (Phi) is 10.6. The number of H-pyrrole nitrogens is 1. The Hall–Kier alpha value is -3.05. The number of halogens is 2. The number of nitrogens with one attached hydrogen (secondary N) is 2. The van der Waals surface area contributed by atoms with Gasteiger partial charge in [-0.1, -0.05) is 48.8 Å². The molecule has 44 heavy (non-hydrogen) atoms. The van der Waals surface area contributed by atoms with Crippen LogP contribution in [-0.2, 0) is 16.0 Å². The van der Waals surface area contributed by atoms with Crippen LogP contribution in [0.15, 0.2) is 47.3 Å². The van der Waals surface area contributed by atoms with E-state index in [4.69, 9.17) is 27.9 Å². The van der Waals surface area contributed by atoms with E-state index < -0.39 is 12.2 Å². The van der Waals surface area contributed by atoms with Crippen LogP contribution in [0.2, 0.25) is 10.0 Å². The summed E-state index contributed by atoms with van der Waals surface area (Å²) in [7, 11) is 0. The summed E-state index contributed by atoms with van der Waals surface area (Å²) in [5.74, 6) is -0.182. The van der Waals surface area contributed by atoms with Crippen molar-refractivity contribution < 1.29 is 14.3 Å². The van der Waals surface area contributed by atoms with E-state index in [2.05, 4.69) is 15.2 Å². The Morgan fingerprint density at radius 3 is 2.23 bits per heavy atom. The van der Waals surface area contributed by atoms with Gasteiger partial charge in [0.25, 0.3) is 5.91 Å². The largest absolute Gasteiger partial charge is 0.436 e. The molecule has 4 heterocycles. The monoisotopic (exact) mass is 644 g/mol. The number of benzene rings is 2. The third kappa shape index (κ3) is 7.09. The third-order valence-electron chi connectivity index (χ3n) is 9.08. The number of fused-ring (bicyclic) bond motifs is 1. The zero-order chi connectivity index (χ0) is 29.9. The van der Waals surface area contributed by atoms with Gasteiger partial charge in [0.15, 0.2) is 6.10 Å². The average Bonchev–Trinajstić information content (AvgIpc) is 3.38. The van der Waals surface area contributed by atoms with Gasteiger partial charge >= 0.3 is 11.8 Å². The maximum Gasteiger partial charge on any atom is 0.410 e. The number of aromatic amines is 1. The van der Waals surface area contributed by atoms with Gasteiger partial charge in [-0.15, -0.1) is 0 Å². The van der Waals surface area contributed by atoms with Crippen LogP contribution < -0.4 is 11.0 Å². The summed E-state index contributed by atoms with van der Waals surface area (Å²) in [6, 6.07) is 13.3. The van der Waals surface area contributed by atoms with Gasteiger partial charge in [-0.05, 0) is 55.5 Å². The second kappa shape index (κ2) is 14.4. The lowest BCUT2D eigenvalue weighted by Gasteiger charge is -2.41. The smallest absolute Gasteiger partial charge is 0.410 e. The molecule has 3 aliphatic rings. The van der Waals surface area contributed by atoms with Crippen molar-refractivity contribution in [2.24, 2.45) is 0 Å². The Labute approximate surface area is 268 Å². The Balaban J connectivity index is 0.00000384. The van der Waals surface area contributed by atoms with Crippen LogP contribution in [0.25, 0.3) is 11.0 Å². The molecular formula is C32H42Cl2N6O4. The normalized spacial score (nSPS) is 19.5. The van der Waals surface area contributed by atoms with Crippen molar-refractivity contribution in [1.29, 1.82) is 0 Å². The van der Waals surface area contributed by atoms with Gasteiger partial charge < -0.3 is 24.8 Å². The van der Waals surface area contributed by atoms with Crippen LogP contribution in [0.5, 0.6) is 0 Å². The number of ether oxygens (including phenoxy) is 1. The van der Waals surface area contributed by atoms with Gasteiger partial charge in [-0.2, -0.15) is 0 Å². The summed E-state index contributed by atoms with van der Waals surface area (Å²) >= 11 is 12.4. The van der Waals surface area contributed by atoms with Crippen LogP contribution >= 0.6 is 23.2 Å². The minimum absolute atomic E-state index is 0. The molecule has 12 heteroatoms. The molecule has 238 valence electrons. The van der Waals surface area contributed by atoms with Crippen LogP contribution in [0.3, 0.4) is 0 Å². The molecule has 3 saturated heterocycles. The first-order valence-corrected chi connectivity index (χ1v) is 16.0. The van der Waals surface area contributed by atoms with Gasteiger partial charge in [0, 0.05) is 70.9 Å². The van der Waals surface area contributed by atoms with Crippen LogP contribution in [0.4, 0.5) is 4.79 Å². The van der Waals surface area contributed by atoms with E-state index in [0.29, 0.717) is 55.1 Å². The van der Waals surface area contributed by atoms with Crippen LogP contribution in [0.1, 0.15) is 44.7 Å². The number of hydrogen-bond acceptors (Lipinski definition) is 6. The number of imidazole rings is 1. The van der Waals surface area contributed by atoms with Crippen molar-refractivity contribution in [1.82, 2.24) is 29.6 Å². The lowest BCUT2D eigenvalue weighted by molar-refractivity contribution is -0.142. The molecule has 3 aliphatic heterocycles. The zero-order valence-corrected chi connectivity index (χ0v) is 25.7. The molecule has 3 fully saturated rings. The van der Waals surface area contributed by atoms with Gasteiger partial charge in [-0.25, -0.2) is 9.59 Å². The number of likely N-dealkylation sites (tertiary alicyclic amines) is 2. The van der Waals surface area contributed by atoms with Crippen LogP contribution in [-0.4, -0.2) is 101 Å². The quantitative estimate of drug-likeness (QED) is 0.408. The van der Waals surface area contributed by atoms with E-state index in [1.807, 2.05) is 35.2 Å². The lowest BCUT2D eigenvalue weighted by atomic mass is 10.0. The lowest BCUT2D eigenvalue weighted by Crippen LogP contribution is -2.54. The molecular weight excluding hydrogens is 603 g/mol. The van der Waals surface area contributed by atoms with E-state index in [0.717, 1.165) is 55.6 Å². The summed E-state index contributed by atoms with van der Waals surface area (Å²) in [6.07, 6.45) is 1.75. The minimum atomic E-state index is -0.977. The summed E-state index contributed by atoms with van der Waals surface area (Å²) in [5.41, 5.74) is 2.29. The fourth-order valence-electron chi connectivity index (χ4n) is 6.70. The van der Waals surface area contributed by atoms with Crippen molar-refractivity contribution >= 4 is 46.2 Å². The fraction of sp³-hybridized carbons (Fsp3) is 0.531. The highest BCUT2D eigenvalue weighted by molar-refractivity contribution is 6.42. The van der Waals surface area contributed by atoms with E-state index >= 15 is 0 Å². The summed E-state index contributed by atoms with van der Waals surface area (Å²) in [4.78, 5) is 48.9. The third-order valence-corrected chi connectivity index (χ3v) is 9.82. The van der Waals surface area contributed by atoms with E-state index in [9.17, 15) is 14.4 Å². The molecule has 6 rings (SSSR count). The molecule has 0 saturated carbocycles. The number of aromatic nitrogens is 2. The molecule has 3 aromatic rings. The summed E-state index contributed by atoms with van der Waals surface area (Å²) in [6.45, 7) is 6.18. The summed E-state index contributed by atoms with van der Waals surface area (Å²) < 4.78 is 7.76. The molecule has 1 aromatic heterocycles. The number of hydrogen-bond donors (Lipinski definition) is 2. The molecule has 0 radical (unpaired) electrons. The average molecular weight is 646 g/mol. The van der Waals surface area contributed by atoms with Gasteiger partial charge in [0.2, 0.25) is 0 Å². The number of amides is 2. The van der Waals surface area contributed by atoms with Crippen LogP contribution in [0, 0.1) is 0 Å². The molecule has 2 N–H and O–H groups in total. The molecule has 10 nitrogen and oxygen atoms in total. The highest BCUT2D eigenvalue weighted by Gasteiger charge is 2.35. The molecule has 0 bridgehead atoms. The Morgan fingerprint density at radius 1 is 0.864 bits per heavy atom. The van der Waals surface area contributed by atoms with Crippen molar-refractivity contribution in [2.75, 3.05) is 52.4 Å². The first-order valence-electron chi connectivity index (χ1n) is 15.2. The molecule has 0 spiro atoms. The molecule has 0 aliphatic carbocycles. The maximum atomic E-state index is 13.8. The Bertz CT molecular complexity index is 1500. The number of carbonyl (C=O) groups excluding carboxylic acids is 2. The number of piperidine rings is 2. The highest BCUT2D eigenvalue weighted by Crippen LogP contribution is 2.27. The highest BCUT2D eigenvalue weighted by atomic mass is 35.5. The van der Waals surface area contributed by atoms with E-state index in [1.165, 1.54) is 0 Å².